The summed E-state index contributed by atoms with van der Waals surface area (Å²) in [6, 6.07) is 19.6. The molecule has 216 valence electrons. The number of methoxy groups -OCH3 is 1. The van der Waals surface area contributed by atoms with Gasteiger partial charge in [0.2, 0.25) is 11.8 Å². The van der Waals surface area contributed by atoms with E-state index in [0.717, 1.165) is 10.2 Å². The number of rotatable bonds is 12. The Morgan fingerprint density at radius 1 is 0.976 bits per heavy atom. The van der Waals surface area contributed by atoms with Crippen LogP contribution >= 0.6 is 11.6 Å². The molecule has 0 aliphatic rings. The Morgan fingerprint density at radius 3 is 2.33 bits per heavy atom. The molecule has 4 aromatic rings. The zero-order chi connectivity index (χ0) is 30.2. The number of carboxylic acid groups (broad SMARTS) is 1. The summed E-state index contributed by atoms with van der Waals surface area (Å²) in [5.74, 6) is -1.89. The predicted molar refractivity (Wildman–Crippen MR) is 158 cm³/mol. The Bertz CT molecular complexity index is 1650. The number of carbonyl (C=O) groups is 3. The van der Waals surface area contributed by atoms with Crippen LogP contribution in [0.3, 0.4) is 0 Å². The van der Waals surface area contributed by atoms with E-state index >= 15 is 0 Å². The van der Waals surface area contributed by atoms with Gasteiger partial charge in [0, 0.05) is 35.9 Å². The standard InChI is InChI=1S/C31H28ClN3O7/c1-19(36)24-13-10-22(32)17-25(24)26-18-28(37)35(34-30(26)42-15-14-41-2)27(16-20-6-4-3-5-7-20)29(38)33-23-11-8-21(9-12-23)31(39)40/h3-13,17-18,27H,14-16H2,1-2H3,(H,33,38)(H,39,40)/t27-/m0/s1. The van der Waals surface area contributed by atoms with Gasteiger partial charge >= 0.3 is 5.97 Å². The first-order chi connectivity index (χ1) is 20.2. The molecule has 1 amide bonds. The number of ketones is 1. The number of nitrogens with one attached hydrogen (secondary N) is 1. The van der Waals surface area contributed by atoms with Crippen molar-refractivity contribution in [1.82, 2.24) is 9.78 Å². The summed E-state index contributed by atoms with van der Waals surface area (Å²) in [7, 11) is 1.51. The molecule has 0 bridgehead atoms. The summed E-state index contributed by atoms with van der Waals surface area (Å²) in [5.41, 5.74) is 1.48. The summed E-state index contributed by atoms with van der Waals surface area (Å²) in [5, 5.41) is 16.8. The number of carboxylic acids is 1. The van der Waals surface area contributed by atoms with Gasteiger partial charge in [-0.1, -0.05) is 41.9 Å². The van der Waals surface area contributed by atoms with Crippen molar-refractivity contribution in [3.63, 3.8) is 0 Å². The number of anilines is 1. The Kier molecular flexibility index (Phi) is 9.85. The van der Waals surface area contributed by atoms with Gasteiger partial charge in [-0.2, -0.15) is 0 Å². The normalized spacial score (nSPS) is 11.5. The maximum Gasteiger partial charge on any atom is 0.335 e. The molecule has 0 spiro atoms. The van der Waals surface area contributed by atoms with Crippen molar-refractivity contribution in [3.8, 4) is 17.0 Å². The molecule has 0 aliphatic carbocycles. The summed E-state index contributed by atoms with van der Waals surface area (Å²) in [6.45, 7) is 1.70. The molecule has 42 heavy (non-hydrogen) atoms. The molecule has 1 aromatic heterocycles. The lowest BCUT2D eigenvalue weighted by atomic mass is 9.98. The van der Waals surface area contributed by atoms with Gasteiger partial charge < -0.3 is 19.9 Å². The van der Waals surface area contributed by atoms with E-state index < -0.39 is 23.5 Å². The van der Waals surface area contributed by atoms with Crippen LogP contribution < -0.4 is 15.6 Å². The van der Waals surface area contributed by atoms with Crippen LogP contribution in [0.4, 0.5) is 5.69 Å². The zero-order valence-electron chi connectivity index (χ0n) is 22.9. The van der Waals surface area contributed by atoms with Crippen LogP contribution in [0.5, 0.6) is 5.88 Å². The average molecular weight is 590 g/mol. The molecule has 1 atom stereocenters. The fourth-order valence-electron chi connectivity index (χ4n) is 4.29. The number of hydrogen-bond acceptors (Lipinski definition) is 7. The molecule has 3 aromatic carbocycles. The molecule has 10 nitrogen and oxygen atoms in total. The van der Waals surface area contributed by atoms with Gasteiger partial charge in [0.25, 0.3) is 5.56 Å². The number of aromatic nitrogens is 2. The fraction of sp³-hybridized carbons (Fsp3) is 0.194. The highest BCUT2D eigenvalue weighted by atomic mass is 35.5. The number of carbonyl (C=O) groups excluding carboxylic acids is 2. The van der Waals surface area contributed by atoms with E-state index in [9.17, 15) is 24.3 Å². The largest absolute Gasteiger partial charge is 0.478 e. The minimum atomic E-state index is -1.12. The molecule has 0 fully saturated rings. The van der Waals surface area contributed by atoms with E-state index in [1.165, 1.54) is 44.4 Å². The quantitative estimate of drug-likeness (QED) is 0.176. The van der Waals surface area contributed by atoms with Gasteiger partial charge in [0.1, 0.15) is 12.6 Å². The first-order valence-electron chi connectivity index (χ1n) is 12.9. The number of halogens is 1. The van der Waals surface area contributed by atoms with E-state index in [0.29, 0.717) is 21.8 Å². The molecule has 0 aliphatic heterocycles. The Morgan fingerprint density at radius 2 is 1.69 bits per heavy atom. The maximum absolute atomic E-state index is 13.7. The highest BCUT2D eigenvalue weighted by Gasteiger charge is 2.27. The van der Waals surface area contributed by atoms with Crippen LogP contribution in [0.25, 0.3) is 11.1 Å². The van der Waals surface area contributed by atoms with Gasteiger partial charge in [0.05, 0.1) is 17.7 Å². The average Bonchev–Trinajstić information content (AvgIpc) is 2.97. The van der Waals surface area contributed by atoms with Crippen LogP contribution in [0.1, 0.15) is 39.2 Å². The molecular weight excluding hydrogens is 562 g/mol. The highest BCUT2D eigenvalue weighted by molar-refractivity contribution is 6.31. The lowest BCUT2D eigenvalue weighted by Crippen LogP contribution is -2.36. The molecule has 0 unspecified atom stereocenters. The molecule has 0 saturated heterocycles. The second-order valence-corrected chi connectivity index (χ2v) is 9.75. The van der Waals surface area contributed by atoms with E-state index in [-0.39, 0.29) is 42.4 Å². The second kappa shape index (κ2) is 13.7. The van der Waals surface area contributed by atoms with Gasteiger partial charge in [-0.3, -0.25) is 14.4 Å². The molecular formula is C31H28ClN3O7. The number of nitrogens with zero attached hydrogens (tertiary/aromatic N) is 2. The van der Waals surface area contributed by atoms with E-state index in [1.807, 2.05) is 30.3 Å². The first-order valence-corrected chi connectivity index (χ1v) is 13.3. The minimum Gasteiger partial charge on any atom is -0.478 e. The first kappa shape index (κ1) is 30.2. The van der Waals surface area contributed by atoms with Crippen LogP contribution in [0.2, 0.25) is 5.02 Å². The lowest BCUT2D eigenvalue weighted by Gasteiger charge is -2.21. The zero-order valence-corrected chi connectivity index (χ0v) is 23.6. The molecule has 0 radical (unpaired) electrons. The van der Waals surface area contributed by atoms with Crippen LogP contribution in [-0.2, 0) is 16.0 Å². The number of benzene rings is 3. The van der Waals surface area contributed by atoms with E-state index in [2.05, 4.69) is 10.4 Å². The number of ether oxygens (including phenoxy) is 2. The molecule has 11 heteroatoms. The van der Waals surface area contributed by atoms with Crippen molar-refractivity contribution in [3.05, 3.63) is 111 Å². The van der Waals surface area contributed by atoms with Gasteiger partial charge in [-0.15, -0.1) is 5.10 Å². The fourth-order valence-corrected chi connectivity index (χ4v) is 4.46. The van der Waals surface area contributed by atoms with Crippen molar-refractivity contribution in [1.29, 1.82) is 0 Å². The third kappa shape index (κ3) is 7.28. The van der Waals surface area contributed by atoms with Crippen LogP contribution in [0, 0.1) is 0 Å². The van der Waals surface area contributed by atoms with E-state index in [1.54, 1.807) is 18.2 Å². The lowest BCUT2D eigenvalue weighted by molar-refractivity contribution is -0.119. The number of aromatic carboxylic acids is 1. The molecule has 1 heterocycles. The maximum atomic E-state index is 13.7. The summed E-state index contributed by atoms with van der Waals surface area (Å²) < 4.78 is 12.0. The predicted octanol–water partition coefficient (Wildman–Crippen LogP) is 4.91. The molecule has 2 N–H and O–H groups in total. The molecule has 0 saturated carbocycles. The van der Waals surface area contributed by atoms with Gasteiger partial charge in [-0.05, 0) is 60.5 Å². The Balaban J connectivity index is 1.82. The SMILES string of the molecule is COCCOc1nn([C@@H](Cc2ccccc2)C(=O)Nc2ccc(C(=O)O)cc2)c(=O)cc1-c1cc(Cl)ccc1C(C)=O. The van der Waals surface area contributed by atoms with Crippen molar-refractivity contribution < 1.29 is 29.0 Å². The minimum absolute atomic E-state index is 0.00749. The summed E-state index contributed by atoms with van der Waals surface area (Å²) >= 11 is 6.25. The molecule has 4 rings (SSSR count). The third-order valence-corrected chi connectivity index (χ3v) is 6.60. The Labute approximate surface area is 246 Å². The van der Waals surface area contributed by atoms with Gasteiger partial charge in [0.15, 0.2) is 5.78 Å². The second-order valence-electron chi connectivity index (χ2n) is 9.31. The van der Waals surface area contributed by atoms with E-state index in [4.69, 9.17) is 21.1 Å². The Hall–Kier alpha value is -4.80. The monoisotopic (exact) mass is 589 g/mol. The van der Waals surface area contributed by atoms with Crippen molar-refractivity contribution in [2.75, 3.05) is 25.6 Å². The summed E-state index contributed by atoms with van der Waals surface area (Å²) in [4.78, 5) is 50.9. The number of hydrogen-bond donors (Lipinski definition) is 2. The van der Waals surface area contributed by atoms with Gasteiger partial charge in [-0.25, -0.2) is 9.48 Å². The third-order valence-electron chi connectivity index (χ3n) is 6.37. The van der Waals surface area contributed by atoms with Crippen molar-refractivity contribution in [2.24, 2.45) is 0 Å². The number of amides is 1. The smallest absolute Gasteiger partial charge is 0.335 e. The van der Waals surface area contributed by atoms with Crippen molar-refractivity contribution >= 4 is 34.9 Å². The topological polar surface area (TPSA) is 137 Å². The van der Waals surface area contributed by atoms with Crippen LogP contribution in [0.15, 0.2) is 83.7 Å². The highest BCUT2D eigenvalue weighted by Crippen LogP contribution is 2.33. The van der Waals surface area contributed by atoms with Crippen LogP contribution in [-0.4, -0.2) is 52.9 Å². The van der Waals surface area contributed by atoms with Crippen molar-refractivity contribution in [2.45, 2.75) is 19.4 Å². The summed E-state index contributed by atoms with van der Waals surface area (Å²) in [6.07, 6.45) is 0.111. The number of Topliss-reactive ketones (excluding diaryl/α,β-unsaturated/α-hetero) is 1.